The summed E-state index contributed by atoms with van der Waals surface area (Å²) in [6.45, 7) is 3.92. The molecule has 6 N–H and O–H groups in total. The summed E-state index contributed by atoms with van der Waals surface area (Å²) in [5.74, 6) is -0.132. The van der Waals surface area contributed by atoms with Crippen molar-refractivity contribution in [3.63, 3.8) is 0 Å². The second kappa shape index (κ2) is 71.7. The second-order valence-corrected chi connectivity index (χ2v) is 29.3. The summed E-state index contributed by atoms with van der Waals surface area (Å²) in [4.78, 5) is 13.2. The number of hydrogen-bond acceptors (Lipinski definition) is 8. The fraction of sp³-hybridized carbons (Fsp3) is 0.963. The zero-order chi connectivity index (χ0) is 65.7. The molecule has 0 aliphatic carbocycles. The third-order valence-electron chi connectivity index (χ3n) is 20.4. The maximum atomic E-state index is 13.2. The molecule has 1 saturated heterocycles. The SMILES string of the molecule is CCCCCCCCCC/C=C\CCCCCCCCCCCCCCCCCCCCCCCCCCCCCC(=O)NC(COC1OC(CO)C(O)C(O)C1O)C(O)CCCCCCCCCCCCCCCCCCCCCCCCCCCCCCC. The molecule has 1 rings (SSSR count). The molecule has 1 fully saturated rings. The molecule has 1 aliphatic heterocycles. The van der Waals surface area contributed by atoms with Crippen LogP contribution in [0.2, 0.25) is 0 Å². The number of ether oxygens (including phenoxy) is 2. The monoisotopic (exact) mass is 1290 g/mol. The van der Waals surface area contributed by atoms with Crippen LogP contribution in [0, 0.1) is 0 Å². The van der Waals surface area contributed by atoms with Crippen LogP contribution in [0.1, 0.15) is 450 Å². The Labute approximate surface area is 567 Å². The molecule has 7 atom stereocenters. The van der Waals surface area contributed by atoms with Crippen molar-refractivity contribution in [3.8, 4) is 0 Å². The van der Waals surface area contributed by atoms with E-state index in [2.05, 4.69) is 31.3 Å². The molecule has 0 bridgehead atoms. The van der Waals surface area contributed by atoms with E-state index < -0.39 is 49.5 Å². The number of allylic oxidation sites excluding steroid dienone is 2. The number of unbranched alkanes of at least 4 members (excludes halogenated alkanes) is 63. The summed E-state index contributed by atoms with van der Waals surface area (Å²) in [7, 11) is 0. The molecule has 0 radical (unpaired) electrons. The minimum absolute atomic E-state index is 0.131. The van der Waals surface area contributed by atoms with Crippen LogP contribution in [0.4, 0.5) is 0 Å². The van der Waals surface area contributed by atoms with Gasteiger partial charge < -0.3 is 40.3 Å². The molecule has 9 nitrogen and oxygen atoms in total. The first kappa shape index (κ1) is 87.9. The van der Waals surface area contributed by atoms with Gasteiger partial charge >= 0.3 is 0 Å². The Hall–Kier alpha value is -1.07. The summed E-state index contributed by atoms with van der Waals surface area (Å²) < 4.78 is 11.4. The van der Waals surface area contributed by atoms with E-state index in [0.29, 0.717) is 12.8 Å². The lowest BCUT2D eigenvalue weighted by molar-refractivity contribution is -0.302. The average Bonchev–Trinajstić information content (AvgIpc) is 1.33. The number of hydrogen-bond donors (Lipinski definition) is 6. The van der Waals surface area contributed by atoms with E-state index in [1.807, 2.05) is 0 Å². The Kier molecular flexibility index (Phi) is 69.3. The molecule has 1 heterocycles. The molecular weight excluding hydrogens is 1130 g/mol. The van der Waals surface area contributed by atoms with Gasteiger partial charge in [0.05, 0.1) is 25.4 Å². The Morgan fingerprint density at radius 3 is 0.890 bits per heavy atom. The molecule has 1 amide bonds. The van der Waals surface area contributed by atoms with Crippen molar-refractivity contribution in [2.75, 3.05) is 13.2 Å². The van der Waals surface area contributed by atoms with Crippen LogP contribution in [-0.4, -0.2) is 87.5 Å². The summed E-state index contributed by atoms with van der Waals surface area (Å²) in [5, 5.41) is 55.1. The summed E-state index contributed by atoms with van der Waals surface area (Å²) in [5.41, 5.74) is 0. The van der Waals surface area contributed by atoms with Crippen LogP contribution in [0.15, 0.2) is 12.2 Å². The van der Waals surface area contributed by atoms with E-state index in [9.17, 15) is 30.3 Å². The number of aliphatic hydroxyl groups excluding tert-OH is 5. The van der Waals surface area contributed by atoms with Gasteiger partial charge in [0.25, 0.3) is 0 Å². The lowest BCUT2D eigenvalue weighted by Gasteiger charge is -2.40. The topological polar surface area (TPSA) is 149 Å². The molecule has 1 aliphatic rings. The van der Waals surface area contributed by atoms with Crippen molar-refractivity contribution < 1.29 is 39.8 Å². The molecular formula is C82H161NO8. The Balaban J connectivity index is 2.02. The van der Waals surface area contributed by atoms with Gasteiger partial charge in [-0.3, -0.25) is 4.79 Å². The number of carbonyl (C=O) groups is 1. The zero-order valence-electron chi connectivity index (χ0n) is 61.2. The minimum atomic E-state index is -1.55. The van der Waals surface area contributed by atoms with E-state index in [0.717, 1.165) is 38.5 Å². The quantitative estimate of drug-likeness (QED) is 0.0261. The van der Waals surface area contributed by atoms with Gasteiger partial charge in [-0.1, -0.05) is 418 Å². The van der Waals surface area contributed by atoms with Crippen LogP contribution in [0.25, 0.3) is 0 Å². The largest absolute Gasteiger partial charge is 0.394 e. The first-order valence-corrected chi connectivity index (χ1v) is 41.4. The predicted molar refractivity (Wildman–Crippen MR) is 392 cm³/mol. The maximum Gasteiger partial charge on any atom is 0.220 e. The van der Waals surface area contributed by atoms with Crippen LogP contribution in [0.3, 0.4) is 0 Å². The van der Waals surface area contributed by atoms with Gasteiger partial charge in [0.2, 0.25) is 5.91 Å². The second-order valence-electron chi connectivity index (χ2n) is 29.3. The van der Waals surface area contributed by atoms with Crippen molar-refractivity contribution >= 4 is 5.91 Å². The van der Waals surface area contributed by atoms with Crippen molar-refractivity contribution in [1.29, 1.82) is 0 Å². The molecule has 0 aromatic rings. The van der Waals surface area contributed by atoms with Gasteiger partial charge in [-0.2, -0.15) is 0 Å². The molecule has 0 aromatic carbocycles. The normalized spacial score (nSPS) is 17.6. The first-order valence-electron chi connectivity index (χ1n) is 41.4. The third-order valence-corrected chi connectivity index (χ3v) is 20.4. The van der Waals surface area contributed by atoms with Crippen LogP contribution < -0.4 is 5.32 Å². The highest BCUT2D eigenvalue weighted by atomic mass is 16.7. The van der Waals surface area contributed by atoms with Crippen LogP contribution >= 0.6 is 0 Å². The Morgan fingerprint density at radius 2 is 0.615 bits per heavy atom. The number of rotatable bonds is 75. The standard InChI is InChI=1S/C82H161NO8/c1-3-5-7-9-11-13-15-17-19-21-23-25-27-29-31-33-34-35-36-37-38-39-40-41-42-44-46-48-50-52-54-56-58-60-62-64-66-68-70-72-78(86)83-75(74-90-82-81(89)80(88)79(87)77(73-84)91-82)76(85)71-69-67-65-63-61-59-57-55-53-51-49-47-45-43-32-30-28-26-24-22-20-18-16-14-12-10-8-6-4-2/h21,23,75-77,79-82,84-85,87-89H,3-20,22,24-74H2,1-2H3,(H,83,86)/b23-21-. The highest BCUT2D eigenvalue weighted by molar-refractivity contribution is 5.76. The summed E-state index contributed by atoms with van der Waals surface area (Å²) in [6.07, 6.45) is 87.7. The van der Waals surface area contributed by atoms with E-state index in [1.165, 1.54) is 385 Å². The van der Waals surface area contributed by atoms with Crippen molar-refractivity contribution in [2.45, 2.75) is 493 Å². The first-order chi connectivity index (χ1) is 44.8. The average molecular weight is 1290 g/mol. The zero-order valence-corrected chi connectivity index (χ0v) is 61.2. The van der Waals surface area contributed by atoms with Gasteiger partial charge in [0.15, 0.2) is 6.29 Å². The highest BCUT2D eigenvalue weighted by Crippen LogP contribution is 2.25. The van der Waals surface area contributed by atoms with Gasteiger partial charge in [-0.15, -0.1) is 0 Å². The van der Waals surface area contributed by atoms with Gasteiger partial charge in [-0.05, 0) is 38.5 Å². The van der Waals surface area contributed by atoms with Crippen molar-refractivity contribution in [3.05, 3.63) is 12.2 Å². The van der Waals surface area contributed by atoms with Gasteiger partial charge in [-0.25, -0.2) is 0 Å². The minimum Gasteiger partial charge on any atom is -0.394 e. The maximum absolute atomic E-state index is 13.2. The lowest BCUT2D eigenvalue weighted by atomic mass is 9.99. The third kappa shape index (κ3) is 59.9. The molecule has 542 valence electrons. The van der Waals surface area contributed by atoms with Gasteiger partial charge in [0, 0.05) is 6.42 Å². The summed E-state index contributed by atoms with van der Waals surface area (Å²) in [6, 6.07) is -0.717. The molecule has 9 heteroatoms. The number of nitrogens with one attached hydrogen (secondary N) is 1. The van der Waals surface area contributed by atoms with Crippen molar-refractivity contribution in [1.82, 2.24) is 5.32 Å². The van der Waals surface area contributed by atoms with Gasteiger partial charge in [0.1, 0.15) is 24.4 Å². The van der Waals surface area contributed by atoms with Crippen LogP contribution in [-0.2, 0) is 14.3 Å². The Morgan fingerprint density at radius 1 is 0.363 bits per heavy atom. The number of amides is 1. The molecule has 0 saturated carbocycles. The smallest absolute Gasteiger partial charge is 0.220 e. The molecule has 7 unspecified atom stereocenters. The molecule has 91 heavy (non-hydrogen) atoms. The summed E-state index contributed by atoms with van der Waals surface area (Å²) >= 11 is 0. The van der Waals surface area contributed by atoms with E-state index >= 15 is 0 Å². The fourth-order valence-electron chi connectivity index (χ4n) is 13.9. The van der Waals surface area contributed by atoms with Crippen LogP contribution in [0.5, 0.6) is 0 Å². The van der Waals surface area contributed by atoms with E-state index in [-0.39, 0.29) is 12.5 Å². The van der Waals surface area contributed by atoms with E-state index in [1.54, 1.807) is 0 Å². The Bertz CT molecular complexity index is 1450. The predicted octanol–water partition coefficient (Wildman–Crippen LogP) is 23.8. The van der Waals surface area contributed by atoms with E-state index in [4.69, 9.17) is 9.47 Å². The number of aliphatic hydroxyl groups is 5. The highest BCUT2D eigenvalue weighted by Gasteiger charge is 2.44. The molecule has 0 aromatic heterocycles. The fourth-order valence-corrected chi connectivity index (χ4v) is 13.9. The van der Waals surface area contributed by atoms with Crippen molar-refractivity contribution in [2.24, 2.45) is 0 Å². The lowest BCUT2D eigenvalue weighted by Crippen LogP contribution is -2.60. The number of carbonyl (C=O) groups excluding carboxylic acids is 1. The molecule has 0 spiro atoms.